The van der Waals surface area contributed by atoms with Crippen LogP contribution < -0.4 is 5.73 Å². The Labute approximate surface area is 86.6 Å². The van der Waals surface area contributed by atoms with Crippen molar-refractivity contribution in [1.29, 1.82) is 0 Å². The number of nitrogens with zero attached hydrogens (tertiary/aromatic N) is 2. The molecule has 0 atom stereocenters. The highest BCUT2D eigenvalue weighted by Gasteiger charge is 2.02. The van der Waals surface area contributed by atoms with Gasteiger partial charge in [-0.25, -0.2) is 0 Å². The molecular weight excluding hydrogens is 194 g/mol. The molecule has 0 radical (unpaired) electrons. The molecule has 1 heterocycles. The molecule has 72 valence electrons. The predicted octanol–water partition coefficient (Wildman–Crippen LogP) is 1.97. The fourth-order valence-electron chi connectivity index (χ4n) is 1.20. The summed E-state index contributed by atoms with van der Waals surface area (Å²) in [6, 6.07) is 8.10. The summed E-state index contributed by atoms with van der Waals surface area (Å²) >= 11 is 1.60. The van der Waals surface area contributed by atoms with E-state index < -0.39 is 0 Å². The zero-order valence-electron chi connectivity index (χ0n) is 7.90. The van der Waals surface area contributed by atoms with E-state index in [4.69, 9.17) is 5.73 Å². The van der Waals surface area contributed by atoms with Crippen molar-refractivity contribution in [3.8, 4) is 10.6 Å². The van der Waals surface area contributed by atoms with Gasteiger partial charge in [-0.05, 0) is 12.5 Å². The van der Waals surface area contributed by atoms with Gasteiger partial charge in [0.15, 0.2) is 0 Å². The fraction of sp³-hybridized carbons (Fsp3) is 0.200. The lowest BCUT2D eigenvalue weighted by atomic mass is 10.1. The highest BCUT2D eigenvalue weighted by Crippen LogP contribution is 2.22. The summed E-state index contributed by atoms with van der Waals surface area (Å²) in [7, 11) is 0. The summed E-state index contributed by atoms with van der Waals surface area (Å²) < 4.78 is 0. The van der Waals surface area contributed by atoms with Crippen LogP contribution in [0.3, 0.4) is 0 Å². The monoisotopic (exact) mass is 205 g/mol. The fourth-order valence-corrected chi connectivity index (χ4v) is 1.89. The van der Waals surface area contributed by atoms with Crippen molar-refractivity contribution in [2.75, 3.05) is 0 Å². The zero-order valence-corrected chi connectivity index (χ0v) is 8.71. The Kier molecular flexibility index (Phi) is 2.56. The van der Waals surface area contributed by atoms with Gasteiger partial charge in [0.2, 0.25) is 0 Å². The van der Waals surface area contributed by atoms with Crippen LogP contribution in [0.25, 0.3) is 10.6 Å². The molecule has 2 aromatic rings. The molecule has 0 bridgehead atoms. The number of nitrogens with two attached hydrogens (primary N) is 1. The van der Waals surface area contributed by atoms with Crippen LogP contribution in [0.4, 0.5) is 0 Å². The molecule has 1 aromatic heterocycles. The summed E-state index contributed by atoms with van der Waals surface area (Å²) in [4.78, 5) is 0. The Hall–Kier alpha value is -1.26. The second-order valence-corrected chi connectivity index (χ2v) is 4.21. The number of aryl methyl sites for hydroxylation is 1. The van der Waals surface area contributed by atoms with Gasteiger partial charge < -0.3 is 5.73 Å². The SMILES string of the molecule is Cc1nnc(-c2ccc(CN)cc2)s1. The third-order valence-corrected chi connectivity index (χ3v) is 2.85. The van der Waals surface area contributed by atoms with E-state index in [1.165, 1.54) is 0 Å². The van der Waals surface area contributed by atoms with Gasteiger partial charge >= 0.3 is 0 Å². The standard InChI is InChI=1S/C10H11N3S/c1-7-12-13-10(14-7)9-4-2-8(6-11)3-5-9/h2-5H,6,11H2,1H3. The highest BCUT2D eigenvalue weighted by atomic mass is 32.1. The van der Waals surface area contributed by atoms with Crippen LogP contribution in [0.15, 0.2) is 24.3 Å². The molecule has 0 amide bonds. The van der Waals surface area contributed by atoms with Crippen molar-refractivity contribution >= 4 is 11.3 Å². The largest absolute Gasteiger partial charge is 0.326 e. The quantitative estimate of drug-likeness (QED) is 0.815. The topological polar surface area (TPSA) is 51.8 Å². The Bertz CT molecular complexity index is 419. The predicted molar refractivity (Wildman–Crippen MR) is 58.0 cm³/mol. The molecular formula is C10H11N3S. The van der Waals surface area contributed by atoms with Gasteiger partial charge in [-0.15, -0.1) is 10.2 Å². The van der Waals surface area contributed by atoms with Crippen molar-refractivity contribution in [2.45, 2.75) is 13.5 Å². The Morgan fingerprint density at radius 1 is 1.21 bits per heavy atom. The van der Waals surface area contributed by atoms with Gasteiger partial charge in [0, 0.05) is 12.1 Å². The van der Waals surface area contributed by atoms with E-state index in [9.17, 15) is 0 Å². The van der Waals surface area contributed by atoms with Crippen LogP contribution >= 0.6 is 11.3 Å². The smallest absolute Gasteiger partial charge is 0.147 e. The molecule has 0 fully saturated rings. The van der Waals surface area contributed by atoms with E-state index in [2.05, 4.69) is 10.2 Å². The maximum atomic E-state index is 5.52. The second kappa shape index (κ2) is 3.86. The molecule has 0 aliphatic rings. The average Bonchev–Trinajstić information content (AvgIpc) is 2.65. The van der Waals surface area contributed by atoms with Crippen LogP contribution in [-0.2, 0) is 6.54 Å². The Balaban J connectivity index is 2.33. The number of aromatic nitrogens is 2. The first-order chi connectivity index (χ1) is 6.79. The first-order valence-electron chi connectivity index (χ1n) is 4.39. The van der Waals surface area contributed by atoms with E-state index >= 15 is 0 Å². The molecule has 3 nitrogen and oxygen atoms in total. The molecule has 14 heavy (non-hydrogen) atoms. The first kappa shape index (κ1) is 9.30. The summed E-state index contributed by atoms with van der Waals surface area (Å²) in [5.74, 6) is 0. The molecule has 2 N–H and O–H groups in total. The minimum atomic E-state index is 0.579. The molecule has 0 aliphatic heterocycles. The van der Waals surface area contributed by atoms with Gasteiger partial charge in [-0.1, -0.05) is 35.6 Å². The lowest BCUT2D eigenvalue weighted by molar-refractivity contribution is 1.05. The van der Waals surface area contributed by atoms with Gasteiger partial charge in [-0.3, -0.25) is 0 Å². The maximum Gasteiger partial charge on any atom is 0.147 e. The summed E-state index contributed by atoms with van der Waals surface area (Å²) in [5.41, 5.74) is 7.76. The van der Waals surface area contributed by atoms with Gasteiger partial charge in [-0.2, -0.15) is 0 Å². The van der Waals surface area contributed by atoms with Crippen molar-refractivity contribution < 1.29 is 0 Å². The minimum Gasteiger partial charge on any atom is -0.326 e. The molecule has 0 saturated carbocycles. The molecule has 1 aromatic carbocycles. The summed E-state index contributed by atoms with van der Waals surface area (Å²) in [5, 5.41) is 10.0. The maximum absolute atomic E-state index is 5.52. The van der Waals surface area contributed by atoms with Crippen LogP contribution in [0.2, 0.25) is 0 Å². The lowest BCUT2D eigenvalue weighted by Crippen LogP contribution is -1.95. The molecule has 0 saturated heterocycles. The van der Waals surface area contributed by atoms with Crippen molar-refractivity contribution in [1.82, 2.24) is 10.2 Å². The van der Waals surface area contributed by atoms with Gasteiger partial charge in [0.1, 0.15) is 10.0 Å². The number of benzene rings is 1. The van der Waals surface area contributed by atoms with Crippen molar-refractivity contribution in [2.24, 2.45) is 5.73 Å². The number of rotatable bonds is 2. The minimum absolute atomic E-state index is 0.579. The van der Waals surface area contributed by atoms with Crippen LogP contribution in [-0.4, -0.2) is 10.2 Å². The molecule has 4 heteroatoms. The van der Waals surface area contributed by atoms with Crippen LogP contribution in [0.1, 0.15) is 10.6 Å². The third-order valence-electron chi connectivity index (χ3n) is 1.96. The summed E-state index contributed by atoms with van der Waals surface area (Å²) in [6.07, 6.45) is 0. The normalized spacial score (nSPS) is 10.4. The third kappa shape index (κ3) is 1.81. The van der Waals surface area contributed by atoms with E-state index in [0.29, 0.717) is 6.54 Å². The van der Waals surface area contributed by atoms with E-state index in [1.54, 1.807) is 11.3 Å². The van der Waals surface area contributed by atoms with E-state index in [1.807, 2.05) is 31.2 Å². The first-order valence-corrected chi connectivity index (χ1v) is 5.21. The van der Waals surface area contributed by atoms with Gasteiger partial charge in [0.25, 0.3) is 0 Å². The number of hydrogen-bond acceptors (Lipinski definition) is 4. The van der Waals surface area contributed by atoms with E-state index in [0.717, 1.165) is 21.1 Å². The summed E-state index contributed by atoms with van der Waals surface area (Å²) in [6.45, 7) is 2.53. The molecule has 0 aliphatic carbocycles. The van der Waals surface area contributed by atoms with Crippen LogP contribution in [0.5, 0.6) is 0 Å². The van der Waals surface area contributed by atoms with Crippen LogP contribution in [0, 0.1) is 6.92 Å². The van der Waals surface area contributed by atoms with Gasteiger partial charge in [0.05, 0.1) is 0 Å². The Morgan fingerprint density at radius 3 is 2.43 bits per heavy atom. The molecule has 2 rings (SSSR count). The lowest BCUT2D eigenvalue weighted by Gasteiger charge is -1.97. The molecule has 0 unspecified atom stereocenters. The van der Waals surface area contributed by atoms with E-state index in [-0.39, 0.29) is 0 Å². The molecule has 0 spiro atoms. The average molecular weight is 205 g/mol. The highest BCUT2D eigenvalue weighted by molar-refractivity contribution is 7.14. The van der Waals surface area contributed by atoms with Crippen molar-refractivity contribution in [3.05, 3.63) is 34.8 Å². The second-order valence-electron chi connectivity index (χ2n) is 3.03. The Morgan fingerprint density at radius 2 is 1.93 bits per heavy atom. The van der Waals surface area contributed by atoms with Crippen molar-refractivity contribution in [3.63, 3.8) is 0 Å². The zero-order chi connectivity index (χ0) is 9.97. The number of hydrogen-bond donors (Lipinski definition) is 1.